The van der Waals surface area contributed by atoms with E-state index >= 15 is 0 Å². The molecule has 0 aliphatic heterocycles. The minimum absolute atomic E-state index is 0.261. The first-order valence-corrected chi connectivity index (χ1v) is 6.25. The van der Waals surface area contributed by atoms with Gasteiger partial charge in [0.2, 0.25) is 5.88 Å². The van der Waals surface area contributed by atoms with Gasteiger partial charge >= 0.3 is 6.03 Å². The van der Waals surface area contributed by atoms with E-state index in [2.05, 4.69) is 30.8 Å². The van der Waals surface area contributed by atoms with E-state index in [0.717, 1.165) is 0 Å². The Balaban J connectivity index is 1.75. The average Bonchev–Trinajstić information content (AvgIpc) is 3.01. The third kappa shape index (κ3) is 5.07. The van der Waals surface area contributed by atoms with Gasteiger partial charge in [-0.25, -0.2) is 14.8 Å². The number of aromatic nitrogens is 4. The predicted molar refractivity (Wildman–Crippen MR) is 73.8 cm³/mol. The first kappa shape index (κ1) is 14.7. The molecular formula is C12H16N6O3. The molecule has 0 fully saturated rings. The molecule has 0 saturated heterocycles. The second-order valence-corrected chi connectivity index (χ2v) is 3.97. The lowest BCUT2D eigenvalue weighted by atomic mass is 10.4. The number of hydrogen-bond acceptors (Lipinski definition) is 6. The van der Waals surface area contributed by atoms with Crippen molar-refractivity contribution in [1.29, 1.82) is 0 Å². The number of pyridine rings is 1. The maximum Gasteiger partial charge on any atom is 0.319 e. The van der Waals surface area contributed by atoms with Crippen LogP contribution in [-0.2, 0) is 11.3 Å². The number of nitrogens with zero attached hydrogens (tertiary/aromatic N) is 3. The molecule has 2 heterocycles. The molecule has 0 saturated carbocycles. The molecule has 0 bridgehead atoms. The van der Waals surface area contributed by atoms with Crippen molar-refractivity contribution in [3.8, 4) is 5.88 Å². The lowest BCUT2D eigenvalue weighted by molar-refractivity contribution is 0.144. The second kappa shape index (κ2) is 7.80. The SMILES string of the molecule is COCCOc1ccc(NC(=O)NCc2ncn[nH]2)cn1. The summed E-state index contributed by atoms with van der Waals surface area (Å²) in [6.07, 6.45) is 2.89. The van der Waals surface area contributed by atoms with Gasteiger partial charge in [-0.05, 0) is 6.07 Å². The van der Waals surface area contributed by atoms with E-state index in [1.165, 1.54) is 12.5 Å². The molecule has 9 nitrogen and oxygen atoms in total. The van der Waals surface area contributed by atoms with Crippen molar-refractivity contribution in [2.24, 2.45) is 0 Å². The van der Waals surface area contributed by atoms with Crippen LogP contribution in [0, 0.1) is 0 Å². The lowest BCUT2D eigenvalue weighted by Gasteiger charge is -2.07. The average molecular weight is 292 g/mol. The number of H-pyrrole nitrogens is 1. The molecule has 0 aliphatic carbocycles. The fraction of sp³-hybridized carbons (Fsp3) is 0.333. The quantitative estimate of drug-likeness (QED) is 0.642. The van der Waals surface area contributed by atoms with Crippen LogP contribution in [0.5, 0.6) is 5.88 Å². The molecule has 3 N–H and O–H groups in total. The summed E-state index contributed by atoms with van der Waals surface area (Å²) in [5, 5.41) is 11.6. The maximum atomic E-state index is 11.6. The number of nitrogens with one attached hydrogen (secondary N) is 3. The summed E-state index contributed by atoms with van der Waals surface area (Å²) in [5.41, 5.74) is 0.559. The topological polar surface area (TPSA) is 114 Å². The zero-order valence-electron chi connectivity index (χ0n) is 11.5. The van der Waals surface area contributed by atoms with E-state index in [9.17, 15) is 4.79 Å². The molecule has 0 aromatic carbocycles. The first-order valence-electron chi connectivity index (χ1n) is 6.25. The van der Waals surface area contributed by atoms with E-state index in [-0.39, 0.29) is 12.6 Å². The largest absolute Gasteiger partial charge is 0.475 e. The Morgan fingerprint density at radius 1 is 1.33 bits per heavy atom. The third-order valence-corrected chi connectivity index (χ3v) is 2.41. The minimum Gasteiger partial charge on any atom is -0.475 e. The van der Waals surface area contributed by atoms with Crippen LogP contribution >= 0.6 is 0 Å². The van der Waals surface area contributed by atoms with Crippen molar-refractivity contribution in [3.63, 3.8) is 0 Å². The van der Waals surface area contributed by atoms with Gasteiger partial charge in [0.15, 0.2) is 0 Å². The Kier molecular flexibility index (Phi) is 5.47. The van der Waals surface area contributed by atoms with Crippen molar-refractivity contribution in [3.05, 3.63) is 30.5 Å². The zero-order valence-corrected chi connectivity index (χ0v) is 11.5. The number of ether oxygens (including phenoxy) is 2. The number of amides is 2. The van der Waals surface area contributed by atoms with Crippen LogP contribution in [-0.4, -0.2) is 46.5 Å². The molecule has 9 heteroatoms. The molecule has 112 valence electrons. The highest BCUT2D eigenvalue weighted by atomic mass is 16.5. The minimum atomic E-state index is -0.360. The summed E-state index contributed by atoms with van der Waals surface area (Å²) in [5.74, 6) is 1.05. The third-order valence-electron chi connectivity index (χ3n) is 2.41. The van der Waals surface area contributed by atoms with Crippen LogP contribution in [0.25, 0.3) is 0 Å². The Bertz CT molecular complexity index is 543. The van der Waals surface area contributed by atoms with Gasteiger partial charge in [-0.3, -0.25) is 5.10 Å². The van der Waals surface area contributed by atoms with Crippen LogP contribution < -0.4 is 15.4 Å². The summed E-state index contributed by atoms with van der Waals surface area (Å²) in [4.78, 5) is 19.6. The molecule has 2 amide bonds. The molecule has 0 atom stereocenters. The maximum absolute atomic E-state index is 11.6. The van der Waals surface area contributed by atoms with Gasteiger partial charge in [0.05, 0.1) is 25.0 Å². The monoisotopic (exact) mass is 292 g/mol. The van der Waals surface area contributed by atoms with Crippen molar-refractivity contribution in [2.45, 2.75) is 6.54 Å². The highest BCUT2D eigenvalue weighted by Gasteiger charge is 2.04. The zero-order chi connectivity index (χ0) is 14.9. The number of rotatable bonds is 7. The molecule has 0 unspecified atom stereocenters. The summed E-state index contributed by atoms with van der Waals surface area (Å²) in [6.45, 7) is 1.18. The Hall–Kier alpha value is -2.68. The van der Waals surface area contributed by atoms with Gasteiger partial charge in [-0.1, -0.05) is 0 Å². The van der Waals surface area contributed by atoms with Crippen LogP contribution in [0.3, 0.4) is 0 Å². The van der Waals surface area contributed by atoms with Gasteiger partial charge in [-0.15, -0.1) is 0 Å². The Morgan fingerprint density at radius 2 is 2.24 bits per heavy atom. The molecule has 21 heavy (non-hydrogen) atoms. The van der Waals surface area contributed by atoms with Crippen LogP contribution in [0.4, 0.5) is 10.5 Å². The number of urea groups is 1. The van der Waals surface area contributed by atoms with Gasteiger partial charge in [0.1, 0.15) is 18.8 Å². The number of methoxy groups -OCH3 is 1. The lowest BCUT2D eigenvalue weighted by Crippen LogP contribution is -2.28. The second-order valence-electron chi connectivity index (χ2n) is 3.97. The fourth-order valence-electron chi connectivity index (χ4n) is 1.42. The number of anilines is 1. The van der Waals surface area contributed by atoms with E-state index in [1.54, 1.807) is 19.2 Å². The molecular weight excluding hydrogens is 276 g/mol. The predicted octanol–water partition coefficient (Wildman–Crippen LogP) is 0.547. The van der Waals surface area contributed by atoms with Crippen LogP contribution in [0.15, 0.2) is 24.7 Å². The smallest absolute Gasteiger partial charge is 0.319 e. The van der Waals surface area contributed by atoms with E-state index in [1.807, 2.05) is 0 Å². The fourth-order valence-corrected chi connectivity index (χ4v) is 1.42. The summed E-state index contributed by atoms with van der Waals surface area (Å²) in [6, 6.07) is 3.01. The van der Waals surface area contributed by atoms with Crippen molar-refractivity contribution < 1.29 is 14.3 Å². The highest BCUT2D eigenvalue weighted by Crippen LogP contribution is 2.11. The molecule has 0 aliphatic rings. The van der Waals surface area contributed by atoms with E-state index in [0.29, 0.717) is 30.6 Å². The molecule has 2 aromatic heterocycles. The molecule has 0 radical (unpaired) electrons. The molecule has 2 aromatic rings. The number of hydrogen-bond donors (Lipinski definition) is 3. The van der Waals surface area contributed by atoms with E-state index in [4.69, 9.17) is 9.47 Å². The number of carbonyl (C=O) groups excluding carboxylic acids is 1. The van der Waals surface area contributed by atoms with Crippen molar-refractivity contribution in [1.82, 2.24) is 25.5 Å². The summed E-state index contributed by atoms with van der Waals surface area (Å²) >= 11 is 0. The van der Waals surface area contributed by atoms with Crippen molar-refractivity contribution in [2.75, 3.05) is 25.6 Å². The van der Waals surface area contributed by atoms with Crippen LogP contribution in [0.2, 0.25) is 0 Å². The van der Waals surface area contributed by atoms with Gasteiger partial charge < -0.3 is 20.1 Å². The van der Waals surface area contributed by atoms with Gasteiger partial charge in [0, 0.05) is 13.2 Å². The summed E-state index contributed by atoms with van der Waals surface area (Å²) in [7, 11) is 1.60. The number of aromatic amines is 1. The van der Waals surface area contributed by atoms with Gasteiger partial charge in [0.25, 0.3) is 0 Å². The van der Waals surface area contributed by atoms with E-state index < -0.39 is 0 Å². The summed E-state index contributed by atoms with van der Waals surface area (Å²) < 4.78 is 10.2. The molecule has 0 spiro atoms. The van der Waals surface area contributed by atoms with Crippen molar-refractivity contribution >= 4 is 11.7 Å². The van der Waals surface area contributed by atoms with Crippen LogP contribution in [0.1, 0.15) is 5.82 Å². The molecule has 2 rings (SSSR count). The first-order chi connectivity index (χ1) is 10.3. The Morgan fingerprint density at radius 3 is 2.90 bits per heavy atom. The Labute approximate surface area is 121 Å². The number of carbonyl (C=O) groups is 1. The normalized spacial score (nSPS) is 10.1. The van der Waals surface area contributed by atoms with Gasteiger partial charge in [-0.2, -0.15) is 5.10 Å². The standard InChI is InChI=1S/C12H16N6O3/c1-20-4-5-21-11-3-2-9(6-13-11)17-12(19)14-7-10-15-8-16-18-10/h2-3,6,8H,4-5,7H2,1H3,(H2,14,17,19)(H,15,16,18). The highest BCUT2D eigenvalue weighted by molar-refractivity contribution is 5.88.